The molecule has 8 nitrogen and oxygen atoms in total. The highest BCUT2D eigenvalue weighted by Gasteiger charge is 2.37. The SMILES string of the molecule is CCC(O)C[N+]1(CC(=O)O)CCN(CC(O)Cn2cc[n+](C)c2)CC1. The zero-order chi connectivity index (χ0) is 18.4. The number of nitrogens with zero attached hydrogens (tertiary/aromatic N) is 4. The van der Waals surface area contributed by atoms with Gasteiger partial charge in [-0.25, -0.2) is 13.9 Å². The first-order chi connectivity index (χ1) is 11.8. The third kappa shape index (κ3) is 6.07. The van der Waals surface area contributed by atoms with Crippen LogP contribution in [0.1, 0.15) is 13.3 Å². The molecule has 0 aliphatic carbocycles. The Kier molecular flexibility index (Phi) is 6.95. The maximum atomic E-state index is 11.3. The minimum Gasteiger partial charge on any atom is -0.477 e. The minimum atomic E-state index is -0.822. The van der Waals surface area contributed by atoms with Crippen molar-refractivity contribution in [3.05, 3.63) is 18.7 Å². The van der Waals surface area contributed by atoms with Crippen LogP contribution in [0.2, 0.25) is 0 Å². The van der Waals surface area contributed by atoms with Crippen LogP contribution >= 0.6 is 0 Å². The Labute approximate surface area is 149 Å². The molecule has 1 saturated heterocycles. The molecule has 0 aromatic carbocycles. The quantitative estimate of drug-likeness (QED) is 0.376. The average Bonchev–Trinajstić information content (AvgIpc) is 2.93. The van der Waals surface area contributed by atoms with Gasteiger partial charge in [-0.1, -0.05) is 6.92 Å². The van der Waals surface area contributed by atoms with Gasteiger partial charge in [0.1, 0.15) is 37.7 Å². The van der Waals surface area contributed by atoms with Gasteiger partial charge < -0.3 is 19.8 Å². The Balaban J connectivity index is 1.86. The molecule has 1 fully saturated rings. The molecular formula is C17H32N4O4+2. The van der Waals surface area contributed by atoms with E-state index in [-0.39, 0.29) is 6.54 Å². The molecule has 1 aromatic rings. The number of β-amino-alcohol motifs (C(OH)–C–C–N with tert-alkyl or cyclic N) is 1. The van der Waals surface area contributed by atoms with Crippen LogP contribution < -0.4 is 4.57 Å². The summed E-state index contributed by atoms with van der Waals surface area (Å²) in [6.45, 7) is 6.41. The van der Waals surface area contributed by atoms with Gasteiger partial charge in [-0.3, -0.25) is 4.90 Å². The van der Waals surface area contributed by atoms with E-state index in [0.717, 1.165) is 13.1 Å². The molecule has 0 radical (unpaired) electrons. The van der Waals surface area contributed by atoms with Gasteiger partial charge in [-0.15, -0.1) is 0 Å². The third-order valence-corrected chi connectivity index (χ3v) is 5.04. The van der Waals surface area contributed by atoms with Crippen LogP contribution in [-0.2, 0) is 18.4 Å². The molecule has 1 aromatic heterocycles. The maximum absolute atomic E-state index is 11.3. The first kappa shape index (κ1) is 19.8. The molecule has 0 spiro atoms. The van der Waals surface area contributed by atoms with E-state index in [1.165, 1.54) is 0 Å². The van der Waals surface area contributed by atoms with Gasteiger partial charge in [-0.05, 0) is 6.42 Å². The summed E-state index contributed by atoms with van der Waals surface area (Å²) >= 11 is 0. The van der Waals surface area contributed by atoms with Gasteiger partial charge in [0.15, 0.2) is 6.54 Å². The number of carboxylic acids is 1. The molecule has 2 rings (SSSR count). The minimum absolute atomic E-state index is 0.0489. The highest BCUT2D eigenvalue weighted by molar-refractivity contribution is 5.67. The highest BCUT2D eigenvalue weighted by Crippen LogP contribution is 2.16. The molecule has 0 saturated carbocycles. The summed E-state index contributed by atoms with van der Waals surface area (Å²) in [5, 5.41) is 29.5. The van der Waals surface area contributed by atoms with Gasteiger partial charge in [-0.2, -0.15) is 0 Å². The number of carbonyl (C=O) groups is 1. The van der Waals surface area contributed by atoms with Gasteiger partial charge in [0.25, 0.3) is 0 Å². The van der Waals surface area contributed by atoms with Crippen LogP contribution in [-0.4, -0.2) is 93.3 Å². The van der Waals surface area contributed by atoms with Crippen LogP contribution in [0.5, 0.6) is 0 Å². The number of quaternary nitrogens is 1. The molecule has 0 bridgehead atoms. The second kappa shape index (κ2) is 8.75. The van der Waals surface area contributed by atoms with E-state index in [2.05, 4.69) is 4.90 Å². The summed E-state index contributed by atoms with van der Waals surface area (Å²) in [5.74, 6) is -0.822. The third-order valence-electron chi connectivity index (χ3n) is 5.04. The van der Waals surface area contributed by atoms with Crippen LogP contribution in [0.3, 0.4) is 0 Å². The highest BCUT2D eigenvalue weighted by atomic mass is 16.4. The first-order valence-electron chi connectivity index (χ1n) is 8.98. The molecule has 1 aliphatic heterocycles. The number of aliphatic hydroxyl groups excluding tert-OH is 2. The fourth-order valence-corrected chi connectivity index (χ4v) is 3.59. The number of piperazine rings is 1. The molecular weight excluding hydrogens is 324 g/mol. The van der Waals surface area contributed by atoms with E-state index in [4.69, 9.17) is 0 Å². The molecule has 2 unspecified atom stereocenters. The van der Waals surface area contributed by atoms with Gasteiger partial charge in [0.05, 0.1) is 20.1 Å². The van der Waals surface area contributed by atoms with Crippen molar-refractivity contribution in [2.24, 2.45) is 7.05 Å². The molecule has 2 heterocycles. The smallest absolute Gasteiger partial charge is 0.359 e. The summed E-state index contributed by atoms with van der Waals surface area (Å²) in [4.78, 5) is 13.4. The van der Waals surface area contributed by atoms with Crippen molar-refractivity contribution >= 4 is 5.97 Å². The van der Waals surface area contributed by atoms with Crippen molar-refractivity contribution in [1.29, 1.82) is 0 Å². The Bertz CT molecular complexity index is 555. The Hall–Kier alpha value is -1.48. The monoisotopic (exact) mass is 356 g/mol. The second-order valence-electron chi connectivity index (χ2n) is 7.32. The fraction of sp³-hybridized carbons (Fsp3) is 0.765. The number of hydrogen-bond acceptors (Lipinski definition) is 4. The van der Waals surface area contributed by atoms with Crippen molar-refractivity contribution in [3.8, 4) is 0 Å². The zero-order valence-corrected chi connectivity index (χ0v) is 15.3. The van der Waals surface area contributed by atoms with Crippen molar-refractivity contribution in [3.63, 3.8) is 0 Å². The number of aryl methyl sites for hydroxylation is 1. The topological polar surface area (TPSA) is 89.8 Å². The van der Waals surface area contributed by atoms with Crippen LogP contribution in [0, 0.1) is 0 Å². The van der Waals surface area contributed by atoms with Crippen LogP contribution in [0.4, 0.5) is 0 Å². The van der Waals surface area contributed by atoms with E-state index in [9.17, 15) is 20.1 Å². The Morgan fingerprint density at radius 1 is 1.24 bits per heavy atom. The number of aliphatic carboxylic acids is 1. The van der Waals surface area contributed by atoms with Crippen molar-refractivity contribution in [2.75, 3.05) is 45.8 Å². The first-order valence-corrected chi connectivity index (χ1v) is 8.98. The van der Waals surface area contributed by atoms with E-state index < -0.39 is 18.2 Å². The Morgan fingerprint density at radius 3 is 2.44 bits per heavy atom. The van der Waals surface area contributed by atoms with Crippen molar-refractivity contribution < 1.29 is 29.2 Å². The number of hydrogen-bond donors (Lipinski definition) is 3. The van der Waals surface area contributed by atoms with Crippen molar-refractivity contribution in [1.82, 2.24) is 9.47 Å². The summed E-state index contributed by atoms with van der Waals surface area (Å²) < 4.78 is 4.31. The summed E-state index contributed by atoms with van der Waals surface area (Å²) in [7, 11) is 1.94. The van der Waals surface area contributed by atoms with Gasteiger partial charge >= 0.3 is 5.97 Å². The zero-order valence-electron chi connectivity index (χ0n) is 15.3. The number of rotatable bonds is 9. The van der Waals surface area contributed by atoms with Crippen LogP contribution in [0.15, 0.2) is 18.7 Å². The van der Waals surface area contributed by atoms with Crippen LogP contribution in [0.25, 0.3) is 0 Å². The largest absolute Gasteiger partial charge is 0.477 e. The normalized spacial score (nSPS) is 20.3. The van der Waals surface area contributed by atoms with Gasteiger partial charge in [0, 0.05) is 19.6 Å². The maximum Gasteiger partial charge on any atom is 0.359 e. The molecule has 25 heavy (non-hydrogen) atoms. The number of carboxylic acid groups (broad SMARTS) is 1. The second-order valence-corrected chi connectivity index (χ2v) is 7.32. The lowest BCUT2D eigenvalue weighted by Gasteiger charge is -2.45. The van der Waals surface area contributed by atoms with Crippen molar-refractivity contribution in [2.45, 2.75) is 32.1 Å². The van der Waals surface area contributed by atoms with Gasteiger partial charge in [0.2, 0.25) is 6.33 Å². The predicted molar refractivity (Wildman–Crippen MR) is 91.7 cm³/mol. The number of aliphatic hydroxyl groups is 2. The molecule has 8 heteroatoms. The molecule has 3 N–H and O–H groups in total. The summed E-state index contributed by atoms with van der Waals surface area (Å²) in [6, 6.07) is 0. The van der Waals surface area contributed by atoms with E-state index in [1.807, 2.05) is 41.8 Å². The summed E-state index contributed by atoms with van der Waals surface area (Å²) in [6.07, 6.45) is 5.50. The molecule has 2 atom stereocenters. The van der Waals surface area contributed by atoms with E-state index in [0.29, 0.717) is 43.6 Å². The lowest BCUT2D eigenvalue weighted by molar-refractivity contribution is -0.928. The lowest BCUT2D eigenvalue weighted by Crippen LogP contribution is -2.64. The molecule has 1 aliphatic rings. The molecule has 142 valence electrons. The predicted octanol–water partition coefficient (Wildman–Crippen LogP) is -1.34. The summed E-state index contributed by atoms with van der Waals surface area (Å²) in [5.41, 5.74) is 0. The standard InChI is InChI=1S/C17H31N4O4/c1-3-15(22)12-21(13-17(24)25)8-6-19(7-9-21)10-16(23)11-20-5-4-18(2)14-20/h4-5,14-16,22-23H,3,6-13H2,1-2H3/q+1/p+1. The fourth-order valence-electron chi connectivity index (χ4n) is 3.59. The van der Waals surface area contributed by atoms with E-state index >= 15 is 0 Å². The Morgan fingerprint density at radius 2 is 1.92 bits per heavy atom. The van der Waals surface area contributed by atoms with E-state index in [1.54, 1.807) is 0 Å². The number of imidazole rings is 1. The average molecular weight is 356 g/mol. The lowest BCUT2D eigenvalue weighted by atomic mass is 10.1. The molecule has 0 amide bonds. The number of aromatic nitrogens is 2.